The molecule has 0 N–H and O–H groups in total. The van der Waals surface area contributed by atoms with Crippen LogP contribution in [0.4, 0.5) is 0 Å². The molecule has 3 aliphatic rings. The minimum absolute atomic E-state index is 0.164. The average molecular weight is 276 g/mol. The molecule has 3 rings (SSSR count). The lowest BCUT2D eigenvalue weighted by atomic mass is 10.0. The molecule has 0 radical (unpaired) electrons. The lowest BCUT2D eigenvalue weighted by Crippen LogP contribution is -2.62. The minimum Gasteiger partial charge on any atom is -0.329 e. The van der Waals surface area contributed by atoms with Crippen molar-refractivity contribution in [3.05, 3.63) is 11.6 Å². The second-order valence-electron chi connectivity index (χ2n) is 6.15. The van der Waals surface area contributed by atoms with E-state index in [1.165, 1.54) is 24.8 Å². The summed E-state index contributed by atoms with van der Waals surface area (Å²) in [6.07, 6.45) is 9.39. The van der Waals surface area contributed by atoms with Crippen molar-refractivity contribution in [3.63, 3.8) is 0 Å². The minimum atomic E-state index is -0.223. The van der Waals surface area contributed by atoms with E-state index in [1.807, 2.05) is 16.7 Å². The molecule has 0 saturated carbocycles. The number of carbonyl (C=O) groups is 2. The van der Waals surface area contributed by atoms with Gasteiger partial charge in [0.25, 0.3) is 0 Å². The number of hydrogen-bond donors (Lipinski definition) is 0. The zero-order valence-electron chi connectivity index (χ0n) is 12.3. The van der Waals surface area contributed by atoms with Crippen LogP contribution in [-0.2, 0) is 9.59 Å². The molecule has 2 unspecified atom stereocenters. The Morgan fingerprint density at radius 1 is 1.25 bits per heavy atom. The summed E-state index contributed by atoms with van der Waals surface area (Å²) in [5.41, 5.74) is 1.47. The van der Waals surface area contributed by atoms with E-state index in [2.05, 4.69) is 6.08 Å². The average Bonchev–Trinajstić information content (AvgIpc) is 3.11. The van der Waals surface area contributed by atoms with Crippen LogP contribution < -0.4 is 0 Å². The quantitative estimate of drug-likeness (QED) is 0.738. The summed E-state index contributed by atoms with van der Waals surface area (Å²) in [6.45, 7) is 3.50. The first-order valence-corrected chi connectivity index (χ1v) is 8.01. The predicted octanol–water partition coefficient (Wildman–Crippen LogP) is 2.10. The lowest BCUT2D eigenvalue weighted by Gasteiger charge is -2.42. The molecule has 0 aromatic heterocycles. The van der Waals surface area contributed by atoms with Gasteiger partial charge in [0.05, 0.1) is 0 Å². The fourth-order valence-corrected chi connectivity index (χ4v) is 3.85. The van der Waals surface area contributed by atoms with Crippen LogP contribution in [0.25, 0.3) is 0 Å². The van der Waals surface area contributed by atoms with Gasteiger partial charge in [-0.1, -0.05) is 18.6 Å². The molecule has 2 fully saturated rings. The van der Waals surface area contributed by atoms with E-state index in [1.54, 1.807) is 0 Å². The van der Waals surface area contributed by atoms with Crippen molar-refractivity contribution in [2.75, 3.05) is 13.1 Å². The Hall–Kier alpha value is -1.32. The van der Waals surface area contributed by atoms with Gasteiger partial charge in [0.2, 0.25) is 11.8 Å². The van der Waals surface area contributed by atoms with Crippen molar-refractivity contribution in [1.29, 1.82) is 0 Å². The molecule has 0 aromatic rings. The second-order valence-corrected chi connectivity index (χ2v) is 6.15. The Labute approximate surface area is 120 Å². The monoisotopic (exact) mass is 276 g/mol. The summed E-state index contributed by atoms with van der Waals surface area (Å²) < 4.78 is 0. The van der Waals surface area contributed by atoms with Gasteiger partial charge in [-0.25, -0.2) is 0 Å². The van der Waals surface area contributed by atoms with Crippen LogP contribution in [0.5, 0.6) is 0 Å². The lowest BCUT2D eigenvalue weighted by molar-refractivity contribution is -0.159. The van der Waals surface area contributed by atoms with Crippen LogP contribution >= 0.6 is 0 Å². The molecule has 0 aromatic carbocycles. The number of piperazine rings is 1. The molecule has 0 bridgehead atoms. The van der Waals surface area contributed by atoms with Crippen LogP contribution in [-0.4, -0.2) is 46.8 Å². The smallest absolute Gasteiger partial charge is 0.246 e. The van der Waals surface area contributed by atoms with Gasteiger partial charge in [-0.15, -0.1) is 0 Å². The standard InChI is InChI=1S/C16H24N2O2/c1-2-13-15(19)17-10-5-8-14(17)16(20)18(13)11-9-12-6-3-4-7-12/h6,13-14H,2-5,7-11H2,1H3. The van der Waals surface area contributed by atoms with Gasteiger partial charge in [-0.05, 0) is 44.9 Å². The Morgan fingerprint density at radius 3 is 2.80 bits per heavy atom. The molecular formula is C16H24N2O2. The molecule has 2 aliphatic heterocycles. The van der Waals surface area contributed by atoms with Gasteiger partial charge in [-0.3, -0.25) is 9.59 Å². The summed E-state index contributed by atoms with van der Waals surface area (Å²) in [6, 6.07) is -0.387. The number of allylic oxidation sites excluding steroid dienone is 1. The summed E-state index contributed by atoms with van der Waals surface area (Å²) in [7, 11) is 0. The number of rotatable bonds is 4. The highest BCUT2D eigenvalue weighted by atomic mass is 16.2. The largest absolute Gasteiger partial charge is 0.329 e. The summed E-state index contributed by atoms with van der Waals surface area (Å²) in [5.74, 6) is 0.363. The third kappa shape index (κ3) is 2.25. The fourth-order valence-electron chi connectivity index (χ4n) is 3.85. The van der Waals surface area contributed by atoms with E-state index < -0.39 is 0 Å². The van der Waals surface area contributed by atoms with E-state index in [0.717, 1.165) is 38.8 Å². The third-order valence-corrected chi connectivity index (χ3v) is 4.96. The van der Waals surface area contributed by atoms with Crippen molar-refractivity contribution in [2.24, 2.45) is 0 Å². The predicted molar refractivity (Wildman–Crippen MR) is 77.1 cm³/mol. The molecular weight excluding hydrogens is 252 g/mol. The van der Waals surface area contributed by atoms with Gasteiger partial charge in [0, 0.05) is 13.1 Å². The van der Waals surface area contributed by atoms with Crippen molar-refractivity contribution < 1.29 is 9.59 Å². The molecule has 4 heteroatoms. The van der Waals surface area contributed by atoms with Crippen LogP contribution in [0.15, 0.2) is 11.6 Å². The number of nitrogens with zero attached hydrogens (tertiary/aromatic N) is 2. The van der Waals surface area contributed by atoms with E-state index >= 15 is 0 Å². The van der Waals surface area contributed by atoms with Gasteiger partial charge < -0.3 is 9.80 Å². The van der Waals surface area contributed by atoms with Crippen molar-refractivity contribution in [2.45, 2.75) is 64.0 Å². The molecule has 0 spiro atoms. The Kier molecular flexibility index (Phi) is 3.81. The maximum Gasteiger partial charge on any atom is 0.246 e. The molecule has 110 valence electrons. The zero-order valence-corrected chi connectivity index (χ0v) is 12.3. The van der Waals surface area contributed by atoms with E-state index in [-0.39, 0.29) is 23.9 Å². The molecule has 20 heavy (non-hydrogen) atoms. The van der Waals surface area contributed by atoms with Gasteiger partial charge >= 0.3 is 0 Å². The Morgan fingerprint density at radius 2 is 2.10 bits per heavy atom. The van der Waals surface area contributed by atoms with Crippen molar-refractivity contribution in [3.8, 4) is 0 Å². The van der Waals surface area contributed by atoms with Gasteiger partial charge in [0.1, 0.15) is 12.1 Å². The number of carbonyl (C=O) groups excluding carboxylic acids is 2. The fraction of sp³-hybridized carbons (Fsp3) is 0.750. The van der Waals surface area contributed by atoms with E-state index in [0.29, 0.717) is 0 Å². The number of hydrogen-bond acceptors (Lipinski definition) is 2. The Balaban J connectivity index is 1.72. The number of fused-ring (bicyclic) bond motifs is 1. The summed E-state index contributed by atoms with van der Waals surface area (Å²) in [4.78, 5) is 28.8. The van der Waals surface area contributed by atoms with Crippen LogP contribution in [0.3, 0.4) is 0 Å². The topological polar surface area (TPSA) is 40.6 Å². The third-order valence-electron chi connectivity index (χ3n) is 4.96. The van der Waals surface area contributed by atoms with E-state index in [4.69, 9.17) is 0 Å². The maximum absolute atomic E-state index is 12.6. The highest BCUT2D eigenvalue weighted by molar-refractivity contribution is 5.97. The highest BCUT2D eigenvalue weighted by Crippen LogP contribution is 2.29. The summed E-state index contributed by atoms with van der Waals surface area (Å²) >= 11 is 0. The van der Waals surface area contributed by atoms with Crippen molar-refractivity contribution in [1.82, 2.24) is 9.80 Å². The first kappa shape index (κ1) is 13.7. The van der Waals surface area contributed by atoms with Gasteiger partial charge in [-0.2, -0.15) is 0 Å². The molecule has 2 saturated heterocycles. The van der Waals surface area contributed by atoms with Gasteiger partial charge in [0.15, 0.2) is 0 Å². The normalized spacial score (nSPS) is 29.9. The molecule has 4 nitrogen and oxygen atoms in total. The zero-order chi connectivity index (χ0) is 14.1. The summed E-state index contributed by atoms with van der Waals surface area (Å²) in [5, 5.41) is 0. The van der Waals surface area contributed by atoms with Crippen LogP contribution in [0.1, 0.15) is 51.9 Å². The Bertz CT molecular complexity index is 444. The first-order valence-electron chi connectivity index (χ1n) is 8.01. The highest BCUT2D eigenvalue weighted by Gasteiger charge is 2.46. The SMILES string of the molecule is CCC1C(=O)N2CCCC2C(=O)N1CCC1=CCCC1. The maximum atomic E-state index is 12.6. The van der Waals surface area contributed by atoms with Crippen LogP contribution in [0, 0.1) is 0 Å². The second kappa shape index (κ2) is 5.58. The molecule has 2 heterocycles. The van der Waals surface area contributed by atoms with Crippen molar-refractivity contribution >= 4 is 11.8 Å². The van der Waals surface area contributed by atoms with E-state index in [9.17, 15) is 9.59 Å². The molecule has 2 amide bonds. The first-order chi connectivity index (χ1) is 9.72. The van der Waals surface area contributed by atoms with Crippen LogP contribution in [0.2, 0.25) is 0 Å². The number of amides is 2. The molecule has 1 aliphatic carbocycles. The molecule has 2 atom stereocenters.